The van der Waals surface area contributed by atoms with Crippen LogP contribution in [0.25, 0.3) is 0 Å². The van der Waals surface area contributed by atoms with Gasteiger partial charge in [0.2, 0.25) is 0 Å². The standard InChI is InChI=1S/C10H19N3O2S/c1-9(2)13(8-4-6-11)16(14,15)10-5-3-7-12-10/h3,5,7,9,12H,4,6,8,11H2,1-2H3. The van der Waals surface area contributed by atoms with Gasteiger partial charge in [0.15, 0.2) is 0 Å². The van der Waals surface area contributed by atoms with Gasteiger partial charge in [0.05, 0.1) is 0 Å². The molecular weight excluding hydrogens is 226 g/mol. The lowest BCUT2D eigenvalue weighted by Crippen LogP contribution is -2.38. The highest BCUT2D eigenvalue weighted by Gasteiger charge is 2.26. The van der Waals surface area contributed by atoms with Crippen molar-refractivity contribution >= 4 is 10.0 Å². The molecule has 5 nitrogen and oxygen atoms in total. The van der Waals surface area contributed by atoms with Gasteiger partial charge in [-0.15, -0.1) is 0 Å². The highest BCUT2D eigenvalue weighted by atomic mass is 32.2. The van der Waals surface area contributed by atoms with Gasteiger partial charge < -0.3 is 10.7 Å². The summed E-state index contributed by atoms with van der Waals surface area (Å²) in [6.07, 6.45) is 2.27. The molecule has 0 unspecified atom stereocenters. The number of nitrogens with one attached hydrogen (secondary N) is 1. The van der Waals surface area contributed by atoms with E-state index in [4.69, 9.17) is 5.73 Å². The molecular formula is C10H19N3O2S. The highest BCUT2D eigenvalue weighted by molar-refractivity contribution is 7.89. The second-order valence-corrected chi connectivity index (χ2v) is 5.75. The molecule has 92 valence electrons. The lowest BCUT2D eigenvalue weighted by Gasteiger charge is -2.24. The molecule has 0 spiro atoms. The van der Waals surface area contributed by atoms with Crippen LogP contribution in [-0.2, 0) is 10.0 Å². The zero-order valence-corrected chi connectivity index (χ0v) is 10.5. The van der Waals surface area contributed by atoms with Crippen LogP contribution in [-0.4, -0.2) is 36.8 Å². The van der Waals surface area contributed by atoms with Gasteiger partial charge in [-0.2, -0.15) is 4.31 Å². The van der Waals surface area contributed by atoms with Crippen molar-refractivity contribution in [3.63, 3.8) is 0 Å². The SMILES string of the molecule is CC(C)N(CCCN)S(=O)(=O)c1ccc[nH]1. The first-order valence-corrected chi connectivity index (χ1v) is 6.79. The van der Waals surface area contributed by atoms with Crippen molar-refractivity contribution in [2.45, 2.75) is 31.3 Å². The van der Waals surface area contributed by atoms with Crippen molar-refractivity contribution in [1.29, 1.82) is 0 Å². The maximum absolute atomic E-state index is 12.2. The third-order valence-corrected chi connectivity index (χ3v) is 4.35. The Hall–Kier alpha value is -0.850. The molecule has 0 atom stereocenters. The van der Waals surface area contributed by atoms with Crippen molar-refractivity contribution < 1.29 is 8.42 Å². The third kappa shape index (κ3) is 2.84. The molecule has 0 aliphatic rings. The molecule has 3 N–H and O–H groups in total. The van der Waals surface area contributed by atoms with E-state index < -0.39 is 10.0 Å². The second-order valence-electron chi connectivity index (χ2n) is 3.89. The second kappa shape index (κ2) is 5.47. The average Bonchev–Trinajstić information content (AvgIpc) is 2.70. The van der Waals surface area contributed by atoms with E-state index in [1.165, 1.54) is 4.31 Å². The summed E-state index contributed by atoms with van der Waals surface area (Å²) in [5.41, 5.74) is 5.41. The van der Waals surface area contributed by atoms with E-state index in [9.17, 15) is 8.42 Å². The minimum absolute atomic E-state index is 0.0696. The summed E-state index contributed by atoms with van der Waals surface area (Å²) in [6.45, 7) is 4.66. The predicted octanol–water partition coefficient (Wildman–Crippen LogP) is 0.763. The zero-order chi connectivity index (χ0) is 12.2. The number of hydrogen-bond donors (Lipinski definition) is 2. The first-order valence-electron chi connectivity index (χ1n) is 5.35. The molecule has 0 fully saturated rings. The molecule has 0 aromatic carbocycles. The largest absolute Gasteiger partial charge is 0.351 e. The summed E-state index contributed by atoms with van der Waals surface area (Å²) in [5.74, 6) is 0. The smallest absolute Gasteiger partial charge is 0.258 e. The number of aromatic amines is 1. The van der Waals surface area contributed by atoms with Crippen LogP contribution < -0.4 is 5.73 Å². The average molecular weight is 245 g/mol. The van der Waals surface area contributed by atoms with Crippen LogP contribution in [0.2, 0.25) is 0 Å². The number of nitrogens with two attached hydrogens (primary N) is 1. The topological polar surface area (TPSA) is 79.2 Å². The fourth-order valence-corrected chi connectivity index (χ4v) is 3.15. The summed E-state index contributed by atoms with van der Waals surface area (Å²) in [5, 5.41) is 0.234. The molecule has 1 heterocycles. The third-order valence-electron chi connectivity index (χ3n) is 2.31. The van der Waals surface area contributed by atoms with Gasteiger partial charge in [0, 0.05) is 18.8 Å². The molecule has 0 amide bonds. The molecule has 16 heavy (non-hydrogen) atoms. The van der Waals surface area contributed by atoms with Gasteiger partial charge in [-0.05, 0) is 38.9 Å². The molecule has 6 heteroatoms. The van der Waals surface area contributed by atoms with Crippen LogP contribution in [0, 0.1) is 0 Å². The van der Waals surface area contributed by atoms with Crippen LogP contribution in [0.4, 0.5) is 0 Å². The Morgan fingerprint density at radius 3 is 2.62 bits per heavy atom. The Labute approximate surface area is 96.7 Å². The number of sulfonamides is 1. The zero-order valence-electron chi connectivity index (χ0n) is 9.68. The summed E-state index contributed by atoms with van der Waals surface area (Å²) in [6, 6.07) is 3.17. The Balaban J connectivity index is 2.94. The Kier molecular flexibility index (Phi) is 4.52. The summed E-state index contributed by atoms with van der Waals surface area (Å²) in [7, 11) is -3.41. The fraction of sp³-hybridized carbons (Fsp3) is 0.600. The molecule has 0 radical (unpaired) electrons. The van der Waals surface area contributed by atoms with Crippen molar-refractivity contribution in [2.24, 2.45) is 5.73 Å². The number of hydrogen-bond acceptors (Lipinski definition) is 3. The Bertz CT molecular complexity index is 398. The van der Waals surface area contributed by atoms with E-state index in [2.05, 4.69) is 4.98 Å². The minimum atomic E-state index is -3.41. The predicted molar refractivity (Wildman–Crippen MR) is 63.5 cm³/mol. The number of aromatic nitrogens is 1. The molecule has 0 saturated carbocycles. The fourth-order valence-electron chi connectivity index (χ4n) is 1.50. The van der Waals surface area contributed by atoms with Crippen molar-refractivity contribution in [3.8, 4) is 0 Å². The quantitative estimate of drug-likeness (QED) is 0.776. The van der Waals surface area contributed by atoms with Gasteiger partial charge in [-0.1, -0.05) is 0 Å². The van der Waals surface area contributed by atoms with E-state index in [0.29, 0.717) is 19.5 Å². The van der Waals surface area contributed by atoms with E-state index in [1.807, 2.05) is 13.8 Å². The molecule has 0 saturated heterocycles. The van der Waals surface area contributed by atoms with E-state index in [0.717, 1.165) is 0 Å². The van der Waals surface area contributed by atoms with Crippen LogP contribution in [0.1, 0.15) is 20.3 Å². The molecule has 1 aromatic rings. The van der Waals surface area contributed by atoms with Crippen LogP contribution in [0.5, 0.6) is 0 Å². The summed E-state index contributed by atoms with van der Waals surface area (Å²) < 4.78 is 25.9. The maximum atomic E-state index is 12.2. The molecule has 1 rings (SSSR count). The van der Waals surface area contributed by atoms with E-state index in [-0.39, 0.29) is 11.1 Å². The van der Waals surface area contributed by atoms with Gasteiger partial charge in [-0.3, -0.25) is 0 Å². The molecule has 0 aliphatic carbocycles. The molecule has 0 bridgehead atoms. The molecule has 1 aromatic heterocycles. The lowest BCUT2D eigenvalue weighted by molar-refractivity contribution is 0.350. The van der Waals surface area contributed by atoms with Crippen molar-refractivity contribution in [3.05, 3.63) is 18.3 Å². The van der Waals surface area contributed by atoms with Crippen LogP contribution >= 0.6 is 0 Å². The van der Waals surface area contributed by atoms with E-state index in [1.54, 1.807) is 18.3 Å². The van der Waals surface area contributed by atoms with Crippen molar-refractivity contribution in [2.75, 3.05) is 13.1 Å². The normalized spacial score (nSPS) is 12.6. The number of rotatable bonds is 6. The Morgan fingerprint density at radius 2 is 2.19 bits per heavy atom. The number of H-pyrrole nitrogens is 1. The molecule has 0 aliphatic heterocycles. The van der Waals surface area contributed by atoms with Gasteiger partial charge >= 0.3 is 0 Å². The maximum Gasteiger partial charge on any atom is 0.258 e. The van der Waals surface area contributed by atoms with Gasteiger partial charge in [-0.25, -0.2) is 8.42 Å². The Morgan fingerprint density at radius 1 is 1.50 bits per heavy atom. The van der Waals surface area contributed by atoms with Crippen LogP contribution in [0.3, 0.4) is 0 Å². The van der Waals surface area contributed by atoms with Crippen molar-refractivity contribution in [1.82, 2.24) is 9.29 Å². The summed E-state index contributed by atoms with van der Waals surface area (Å²) in [4.78, 5) is 2.73. The number of nitrogens with zero attached hydrogens (tertiary/aromatic N) is 1. The first kappa shape index (κ1) is 13.2. The van der Waals surface area contributed by atoms with Gasteiger partial charge in [0.25, 0.3) is 10.0 Å². The summed E-state index contributed by atoms with van der Waals surface area (Å²) >= 11 is 0. The minimum Gasteiger partial charge on any atom is -0.351 e. The highest BCUT2D eigenvalue weighted by Crippen LogP contribution is 2.16. The lowest BCUT2D eigenvalue weighted by atomic mass is 10.3. The monoisotopic (exact) mass is 245 g/mol. The van der Waals surface area contributed by atoms with Gasteiger partial charge in [0.1, 0.15) is 5.03 Å². The van der Waals surface area contributed by atoms with Crippen LogP contribution in [0.15, 0.2) is 23.4 Å². The van der Waals surface area contributed by atoms with E-state index >= 15 is 0 Å². The first-order chi connectivity index (χ1) is 7.50.